The van der Waals surface area contributed by atoms with Gasteiger partial charge in [0, 0.05) is 12.4 Å². The van der Waals surface area contributed by atoms with Crippen LogP contribution in [0.5, 0.6) is 0 Å². The summed E-state index contributed by atoms with van der Waals surface area (Å²) in [5.74, 6) is 0. The minimum absolute atomic E-state index is 0. The summed E-state index contributed by atoms with van der Waals surface area (Å²) in [6.07, 6.45) is 3.19. The number of rotatable bonds is 0. The van der Waals surface area contributed by atoms with E-state index in [4.69, 9.17) is 11.6 Å². The van der Waals surface area contributed by atoms with Crippen LogP contribution < -0.4 is 0 Å². The average molecular weight is 135 g/mol. The maximum absolute atomic E-state index is 5.32. The molecule has 0 radical (unpaired) electrons. The Hall–Kier alpha value is -0.700. The molecule has 0 fully saturated rings. The highest BCUT2D eigenvalue weighted by molar-refractivity contribution is 6.28. The van der Waals surface area contributed by atoms with Crippen molar-refractivity contribution in [3.63, 3.8) is 0 Å². The Labute approximate surface area is 50.9 Å². The van der Waals surface area contributed by atoms with Crippen LogP contribution in [0.3, 0.4) is 0 Å². The van der Waals surface area contributed by atoms with E-state index >= 15 is 0 Å². The lowest BCUT2D eigenvalue weighted by Gasteiger charge is -1.78. The second-order valence-electron chi connectivity index (χ2n) is 1.02. The standard InChI is InChI=1S/C4H3ClN2.FH/c5-4-6-2-1-3-7-4;/h1-3H;1H. The summed E-state index contributed by atoms with van der Waals surface area (Å²) in [5, 5.41) is 0.294. The second-order valence-corrected chi connectivity index (χ2v) is 1.36. The Morgan fingerprint density at radius 3 is 2.00 bits per heavy atom. The van der Waals surface area contributed by atoms with Crippen molar-refractivity contribution in [3.8, 4) is 0 Å². The lowest BCUT2D eigenvalue weighted by atomic mass is 10.7. The number of hydrogen-bond donors (Lipinski definition) is 0. The molecule has 1 heterocycles. The Bertz CT molecular complexity index is 144. The van der Waals surface area contributed by atoms with Gasteiger partial charge in [0.1, 0.15) is 0 Å². The number of halogens is 2. The molecule has 0 aliphatic carbocycles. The zero-order valence-corrected chi connectivity index (χ0v) is 4.67. The molecule has 0 saturated heterocycles. The zero-order valence-electron chi connectivity index (χ0n) is 3.91. The van der Waals surface area contributed by atoms with Gasteiger partial charge in [-0.1, -0.05) is 0 Å². The first-order chi connectivity index (χ1) is 3.39. The van der Waals surface area contributed by atoms with Crippen LogP contribution in [0, 0.1) is 0 Å². The highest BCUT2D eigenvalue weighted by Gasteiger charge is 1.78. The number of hydrogen-bond acceptors (Lipinski definition) is 2. The van der Waals surface area contributed by atoms with E-state index in [-0.39, 0.29) is 4.70 Å². The van der Waals surface area contributed by atoms with Gasteiger partial charge in [-0.25, -0.2) is 9.97 Å². The van der Waals surface area contributed by atoms with Gasteiger partial charge in [-0.3, -0.25) is 4.70 Å². The van der Waals surface area contributed by atoms with Gasteiger partial charge in [0.05, 0.1) is 0 Å². The summed E-state index contributed by atoms with van der Waals surface area (Å²) in [7, 11) is 0. The molecule has 1 rings (SSSR count). The minimum atomic E-state index is 0. The van der Waals surface area contributed by atoms with E-state index in [0.29, 0.717) is 5.28 Å². The van der Waals surface area contributed by atoms with Crippen molar-refractivity contribution in [3.05, 3.63) is 23.7 Å². The molecule has 2 nitrogen and oxygen atoms in total. The molecule has 1 aromatic heterocycles. The van der Waals surface area contributed by atoms with Crippen LogP contribution in [0.25, 0.3) is 0 Å². The lowest BCUT2D eigenvalue weighted by Crippen LogP contribution is -1.73. The average Bonchev–Trinajstić information content (AvgIpc) is 1.69. The lowest BCUT2D eigenvalue weighted by molar-refractivity contribution is 1.11. The van der Waals surface area contributed by atoms with Crippen LogP contribution >= 0.6 is 11.6 Å². The van der Waals surface area contributed by atoms with Crippen LogP contribution in [-0.2, 0) is 0 Å². The normalized spacial score (nSPS) is 7.62. The largest absolute Gasteiger partial charge is 0.269 e. The molecule has 0 saturated carbocycles. The first-order valence-corrected chi connectivity index (χ1v) is 2.20. The van der Waals surface area contributed by atoms with Crippen molar-refractivity contribution in [1.29, 1.82) is 0 Å². The molecule has 0 aromatic carbocycles. The third-order valence-electron chi connectivity index (χ3n) is 0.534. The van der Waals surface area contributed by atoms with Crippen molar-refractivity contribution < 1.29 is 4.70 Å². The summed E-state index contributed by atoms with van der Waals surface area (Å²) in [6.45, 7) is 0. The maximum Gasteiger partial charge on any atom is 0.222 e. The quantitative estimate of drug-likeness (QED) is 0.500. The second kappa shape index (κ2) is 3.32. The molecular formula is C4H4ClFN2. The van der Waals surface area contributed by atoms with E-state index in [1.54, 1.807) is 18.5 Å². The molecule has 0 atom stereocenters. The third-order valence-corrected chi connectivity index (χ3v) is 0.729. The van der Waals surface area contributed by atoms with Gasteiger partial charge in [0.15, 0.2) is 0 Å². The van der Waals surface area contributed by atoms with E-state index in [1.807, 2.05) is 0 Å². The third kappa shape index (κ3) is 1.84. The van der Waals surface area contributed by atoms with E-state index in [9.17, 15) is 0 Å². The summed E-state index contributed by atoms with van der Waals surface area (Å²) in [5.41, 5.74) is 0. The maximum atomic E-state index is 5.32. The van der Waals surface area contributed by atoms with E-state index in [1.165, 1.54) is 0 Å². The molecule has 1 aromatic rings. The molecule has 0 N–H and O–H groups in total. The van der Waals surface area contributed by atoms with Crippen molar-refractivity contribution in [1.82, 2.24) is 9.97 Å². The van der Waals surface area contributed by atoms with Crippen LogP contribution in [0.1, 0.15) is 0 Å². The number of aromatic nitrogens is 2. The molecular weight excluding hydrogens is 131 g/mol. The van der Waals surface area contributed by atoms with Crippen molar-refractivity contribution >= 4 is 11.6 Å². The van der Waals surface area contributed by atoms with E-state index in [2.05, 4.69) is 9.97 Å². The predicted octanol–water partition coefficient (Wildman–Crippen LogP) is 1.28. The molecule has 8 heavy (non-hydrogen) atoms. The van der Waals surface area contributed by atoms with Gasteiger partial charge >= 0.3 is 0 Å². The van der Waals surface area contributed by atoms with Gasteiger partial charge in [-0.05, 0) is 17.7 Å². The van der Waals surface area contributed by atoms with Gasteiger partial charge in [0.25, 0.3) is 0 Å². The smallest absolute Gasteiger partial charge is 0.222 e. The summed E-state index contributed by atoms with van der Waals surface area (Å²) in [6, 6.07) is 1.71. The van der Waals surface area contributed by atoms with E-state index < -0.39 is 0 Å². The first-order valence-electron chi connectivity index (χ1n) is 1.82. The van der Waals surface area contributed by atoms with Crippen LogP contribution in [0.2, 0.25) is 5.28 Å². The SMILES string of the molecule is Clc1ncccn1.F. The van der Waals surface area contributed by atoms with Crippen molar-refractivity contribution in [2.24, 2.45) is 0 Å². The summed E-state index contributed by atoms with van der Waals surface area (Å²) < 4.78 is 0. The van der Waals surface area contributed by atoms with Gasteiger partial charge < -0.3 is 0 Å². The molecule has 0 aliphatic heterocycles. The van der Waals surface area contributed by atoms with Crippen molar-refractivity contribution in [2.45, 2.75) is 0 Å². The van der Waals surface area contributed by atoms with Crippen LogP contribution in [0.4, 0.5) is 4.70 Å². The monoisotopic (exact) mass is 134 g/mol. The van der Waals surface area contributed by atoms with Gasteiger partial charge in [-0.15, -0.1) is 0 Å². The zero-order chi connectivity index (χ0) is 5.11. The Balaban J connectivity index is 0.000000490. The highest BCUT2D eigenvalue weighted by Crippen LogP contribution is 1.92. The van der Waals surface area contributed by atoms with Gasteiger partial charge in [-0.2, -0.15) is 0 Å². The Morgan fingerprint density at radius 2 is 1.75 bits per heavy atom. The van der Waals surface area contributed by atoms with E-state index in [0.717, 1.165) is 0 Å². The summed E-state index contributed by atoms with van der Waals surface area (Å²) >= 11 is 5.32. The summed E-state index contributed by atoms with van der Waals surface area (Å²) in [4.78, 5) is 7.27. The molecule has 0 unspecified atom stereocenters. The minimum Gasteiger partial charge on any atom is -0.269 e. The van der Waals surface area contributed by atoms with Gasteiger partial charge in [0.2, 0.25) is 5.28 Å². The first kappa shape index (κ1) is 7.30. The molecule has 0 bridgehead atoms. The van der Waals surface area contributed by atoms with Crippen molar-refractivity contribution in [2.75, 3.05) is 0 Å². The molecule has 0 amide bonds. The molecule has 44 valence electrons. The fraction of sp³-hybridized carbons (Fsp3) is 0. The predicted molar refractivity (Wildman–Crippen MR) is 29.5 cm³/mol. The topological polar surface area (TPSA) is 25.8 Å². The molecule has 0 aliphatic rings. The molecule has 0 spiro atoms. The van der Waals surface area contributed by atoms with Crippen LogP contribution in [0.15, 0.2) is 18.5 Å². The highest BCUT2D eigenvalue weighted by atomic mass is 35.5. The Kier molecular flexibility index (Phi) is 3.03. The fourth-order valence-electron chi connectivity index (χ4n) is 0.281. The fourth-order valence-corrected chi connectivity index (χ4v) is 0.394. The van der Waals surface area contributed by atoms with Crippen LogP contribution in [-0.4, -0.2) is 9.97 Å². The Morgan fingerprint density at radius 1 is 1.25 bits per heavy atom. The molecule has 4 heteroatoms. The number of nitrogens with zero attached hydrogens (tertiary/aromatic N) is 2.